The van der Waals surface area contributed by atoms with Crippen LogP contribution in [0.4, 0.5) is 5.69 Å². The van der Waals surface area contributed by atoms with E-state index in [1.807, 2.05) is 32.0 Å². The Morgan fingerprint density at radius 2 is 1.85 bits per heavy atom. The van der Waals surface area contributed by atoms with Crippen LogP contribution in [0.1, 0.15) is 34.2 Å². The van der Waals surface area contributed by atoms with Gasteiger partial charge in [-0.1, -0.05) is 0 Å². The van der Waals surface area contributed by atoms with Crippen LogP contribution in [-0.2, 0) is 13.1 Å². The predicted octanol–water partition coefficient (Wildman–Crippen LogP) is 1.40. The fourth-order valence-electron chi connectivity index (χ4n) is 4.44. The molecule has 0 saturated carbocycles. The summed E-state index contributed by atoms with van der Waals surface area (Å²) in [5.41, 5.74) is 4.44. The molecule has 1 amide bonds. The molecule has 0 spiro atoms. The summed E-state index contributed by atoms with van der Waals surface area (Å²) in [4.78, 5) is 48.6. The molecule has 0 aliphatic carbocycles. The van der Waals surface area contributed by atoms with Gasteiger partial charge in [0.05, 0.1) is 22.3 Å². The van der Waals surface area contributed by atoms with Crippen molar-refractivity contribution in [3.05, 3.63) is 67.6 Å². The van der Waals surface area contributed by atoms with Crippen LogP contribution in [0.5, 0.6) is 0 Å². The molecular weight excluding hydrogens is 420 g/mol. The van der Waals surface area contributed by atoms with E-state index in [-0.39, 0.29) is 17.2 Å². The van der Waals surface area contributed by atoms with Crippen LogP contribution in [0.3, 0.4) is 0 Å². The van der Waals surface area contributed by atoms with Crippen molar-refractivity contribution in [1.29, 1.82) is 0 Å². The van der Waals surface area contributed by atoms with Crippen molar-refractivity contribution in [1.82, 2.24) is 24.8 Å². The van der Waals surface area contributed by atoms with Crippen LogP contribution >= 0.6 is 0 Å². The number of hydrogen-bond acceptors (Lipinski definition) is 6. The molecule has 33 heavy (non-hydrogen) atoms. The summed E-state index contributed by atoms with van der Waals surface area (Å²) in [6.07, 6.45) is 0. The second-order valence-corrected chi connectivity index (χ2v) is 8.45. The summed E-state index contributed by atoms with van der Waals surface area (Å²) in [5.74, 6) is -0.185. The zero-order chi connectivity index (χ0) is 23.7. The lowest BCUT2D eigenvalue weighted by Gasteiger charge is -2.36. The first-order valence-corrected chi connectivity index (χ1v) is 11.3. The third kappa shape index (κ3) is 4.41. The van der Waals surface area contributed by atoms with E-state index in [1.165, 1.54) is 4.57 Å². The summed E-state index contributed by atoms with van der Waals surface area (Å²) in [7, 11) is 1.60. The topological polar surface area (TPSA) is 103 Å². The molecule has 0 atom stereocenters. The smallest absolute Gasteiger partial charge is 0.328 e. The summed E-state index contributed by atoms with van der Waals surface area (Å²) in [6.45, 7) is 10.3. The van der Waals surface area contributed by atoms with Crippen molar-refractivity contribution in [2.75, 3.05) is 38.1 Å². The molecule has 9 nitrogen and oxygen atoms in total. The number of fused-ring (bicyclic) bond motifs is 1. The van der Waals surface area contributed by atoms with Crippen LogP contribution in [0.15, 0.2) is 33.9 Å². The van der Waals surface area contributed by atoms with Gasteiger partial charge in [-0.2, -0.15) is 0 Å². The Balaban J connectivity index is 1.48. The number of aromatic nitrogens is 3. The molecule has 4 rings (SSSR count). The quantitative estimate of drug-likeness (QED) is 0.609. The first-order valence-electron chi connectivity index (χ1n) is 11.3. The standard InChI is InChI=1S/C24H30N6O3/c1-5-30-23(32)18-12-15(2)17(13-20(18)27-24(30)33)14-28-8-10-29(11-9-28)21-7-6-19(22(31)25-4)26-16(21)3/h6-7,12-13H,5,8-11,14H2,1-4H3,(H,25,31)(H,27,33). The van der Waals surface area contributed by atoms with E-state index in [4.69, 9.17) is 0 Å². The molecule has 0 unspecified atom stereocenters. The highest BCUT2D eigenvalue weighted by molar-refractivity contribution is 5.92. The third-order valence-corrected chi connectivity index (χ3v) is 6.38. The molecule has 1 fully saturated rings. The molecule has 0 bridgehead atoms. The van der Waals surface area contributed by atoms with Crippen molar-refractivity contribution in [3.63, 3.8) is 0 Å². The van der Waals surface area contributed by atoms with Gasteiger partial charge in [-0.05, 0) is 56.2 Å². The summed E-state index contributed by atoms with van der Waals surface area (Å²) in [5, 5.41) is 3.15. The number of carbonyl (C=O) groups excluding carboxylic acids is 1. The Hall–Kier alpha value is -3.46. The molecule has 3 aromatic rings. The van der Waals surface area contributed by atoms with Gasteiger partial charge in [0.25, 0.3) is 11.5 Å². The highest BCUT2D eigenvalue weighted by Crippen LogP contribution is 2.22. The number of pyridine rings is 1. The summed E-state index contributed by atoms with van der Waals surface area (Å²) in [6, 6.07) is 7.55. The molecule has 1 aliphatic rings. The van der Waals surface area contributed by atoms with E-state index < -0.39 is 0 Å². The monoisotopic (exact) mass is 450 g/mol. The second kappa shape index (κ2) is 9.19. The second-order valence-electron chi connectivity index (χ2n) is 8.45. The van der Waals surface area contributed by atoms with Crippen molar-refractivity contribution < 1.29 is 4.79 Å². The highest BCUT2D eigenvalue weighted by Gasteiger charge is 2.21. The van der Waals surface area contributed by atoms with E-state index in [2.05, 4.69) is 25.1 Å². The number of anilines is 1. The lowest BCUT2D eigenvalue weighted by atomic mass is 10.0. The van der Waals surface area contributed by atoms with E-state index >= 15 is 0 Å². The molecule has 0 radical (unpaired) electrons. The number of amides is 1. The number of H-pyrrole nitrogens is 1. The Bertz CT molecular complexity index is 1320. The number of aromatic amines is 1. The van der Waals surface area contributed by atoms with Gasteiger partial charge >= 0.3 is 5.69 Å². The summed E-state index contributed by atoms with van der Waals surface area (Å²) < 4.78 is 1.22. The Kier molecular flexibility index (Phi) is 6.33. The van der Waals surface area contributed by atoms with Crippen LogP contribution in [0, 0.1) is 13.8 Å². The molecule has 1 aromatic carbocycles. The minimum absolute atomic E-state index is 0.185. The van der Waals surface area contributed by atoms with Crippen molar-refractivity contribution in [2.45, 2.75) is 33.9 Å². The molecule has 9 heteroatoms. The SMILES string of the molecule is CCn1c(=O)[nH]c2cc(CN3CCN(c4ccc(C(=O)NC)nc4C)CC3)c(C)cc2c1=O. The number of nitrogens with one attached hydrogen (secondary N) is 2. The number of nitrogens with zero attached hydrogens (tertiary/aromatic N) is 4. The first-order chi connectivity index (χ1) is 15.8. The van der Waals surface area contributed by atoms with E-state index in [1.54, 1.807) is 20.0 Å². The molecule has 2 N–H and O–H groups in total. The van der Waals surface area contributed by atoms with Gasteiger partial charge in [-0.15, -0.1) is 0 Å². The predicted molar refractivity (Wildman–Crippen MR) is 129 cm³/mol. The molecule has 3 heterocycles. The van der Waals surface area contributed by atoms with Gasteiger partial charge in [-0.3, -0.25) is 19.1 Å². The van der Waals surface area contributed by atoms with E-state index in [0.29, 0.717) is 23.1 Å². The molecule has 2 aromatic heterocycles. The van der Waals surface area contributed by atoms with E-state index in [9.17, 15) is 14.4 Å². The molecular formula is C24H30N6O3. The van der Waals surface area contributed by atoms with Crippen molar-refractivity contribution in [2.24, 2.45) is 0 Å². The number of aryl methyl sites for hydroxylation is 2. The Labute approximate surface area is 192 Å². The lowest BCUT2D eigenvalue weighted by Crippen LogP contribution is -2.46. The number of carbonyl (C=O) groups is 1. The largest absolute Gasteiger partial charge is 0.368 e. The fraction of sp³-hybridized carbons (Fsp3) is 0.417. The maximum absolute atomic E-state index is 12.6. The average molecular weight is 451 g/mol. The number of hydrogen-bond donors (Lipinski definition) is 2. The molecule has 1 saturated heterocycles. The van der Waals surface area contributed by atoms with Gasteiger partial charge in [0.15, 0.2) is 0 Å². The fourth-order valence-corrected chi connectivity index (χ4v) is 4.44. The zero-order valence-corrected chi connectivity index (χ0v) is 19.6. The maximum atomic E-state index is 12.6. The third-order valence-electron chi connectivity index (χ3n) is 6.38. The lowest BCUT2D eigenvalue weighted by molar-refractivity contribution is 0.0958. The average Bonchev–Trinajstić information content (AvgIpc) is 2.80. The van der Waals surface area contributed by atoms with Crippen LogP contribution < -0.4 is 21.5 Å². The summed E-state index contributed by atoms with van der Waals surface area (Å²) >= 11 is 0. The minimum Gasteiger partial charge on any atom is -0.368 e. The van der Waals surface area contributed by atoms with Crippen molar-refractivity contribution >= 4 is 22.5 Å². The highest BCUT2D eigenvalue weighted by atomic mass is 16.2. The normalized spacial score (nSPS) is 14.6. The molecule has 174 valence electrons. The van der Waals surface area contributed by atoms with Gasteiger partial charge in [0.1, 0.15) is 5.69 Å². The van der Waals surface area contributed by atoms with Gasteiger partial charge in [0.2, 0.25) is 0 Å². The van der Waals surface area contributed by atoms with Crippen molar-refractivity contribution in [3.8, 4) is 0 Å². The van der Waals surface area contributed by atoms with Gasteiger partial charge in [-0.25, -0.2) is 9.78 Å². The first kappa shape index (κ1) is 22.7. The van der Waals surface area contributed by atoms with E-state index in [0.717, 1.165) is 55.2 Å². The van der Waals surface area contributed by atoms with Crippen LogP contribution in [0.25, 0.3) is 10.9 Å². The molecule has 1 aliphatic heterocycles. The van der Waals surface area contributed by atoms with Gasteiger partial charge in [0, 0.05) is 46.3 Å². The van der Waals surface area contributed by atoms with Gasteiger partial charge < -0.3 is 15.2 Å². The zero-order valence-electron chi connectivity index (χ0n) is 19.6. The number of benzene rings is 1. The Morgan fingerprint density at radius 3 is 2.48 bits per heavy atom. The van der Waals surface area contributed by atoms with Crippen LogP contribution in [0.2, 0.25) is 0 Å². The number of piperazine rings is 1. The number of rotatable bonds is 5. The maximum Gasteiger partial charge on any atom is 0.328 e. The Morgan fingerprint density at radius 1 is 1.12 bits per heavy atom. The minimum atomic E-state index is -0.371. The van der Waals surface area contributed by atoms with Crippen LogP contribution in [-0.4, -0.2) is 58.6 Å².